The van der Waals surface area contributed by atoms with E-state index in [2.05, 4.69) is 64.0 Å². The van der Waals surface area contributed by atoms with Crippen LogP contribution in [0.25, 0.3) is 0 Å². The third-order valence-corrected chi connectivity index (χ3v) is 2.15. The minimum Gasteiger partial charge on any atom is -0.376 e. The monoisotopic (exact) mass is 176 g/mol. The lowest BCUT2D eigenvalue weighted by molar-refractivity contribution is 1.08. The van der Waals surface area contributed by atoms with Crippen LogP contribution >= 0.6 is 0 Å². The molecule has 1 aromatic carbocycles. The van der Waals surface area contributed by atoms with Crippen LogP contribution < -0.4 is 15.3 Å². The Kier molecular flexibility index (Phi) is 2.86. The van der Waals surface area contributed by atoms with E-state index in [0.717, 1.165) is 0 Å². The molecule has 2 nitrogen and oxygen atoms in total. The summed E-state index contributed by atoms with van der Waals surface area (Å²) in [6.45, 7) is 0. The highest BCUT2D eigenvalue weighted by Gasteiger charge is 2.07. The van der Waals surface area contributed by atoms with Crippen LogP contribution in [0.15, 0.2) is 18.2 Å². The average molecular weight is 176 g/mol. The molecule has 0 amide bonds. The van der Waals surface area contributed by atoms with Crippen LogP contribution in [0.3, 0.4) is 0 Å². The SMILES string of the molecule is Bc1cccc(N(C)C)c1N(C)C. The summed E-state index contributed by atoms with van der Waals surface area (Å²) in [6.07, 6.45) is 0. The Hall–Kier alpha value is -1.12. The van der Waals surface area contributed by atoms with E-state index in [-0.39, 0.29) is 0 Å². The van der Waals surface area contributed by atoms with Crippen LogP contribution in [0.4, 0.5) is 11.4 Å². The molecule has 0 bridgehead atoms. The molecule has 13 heavy (non-hydrogen) atoms. The molecule has 0 aromatic heterocycles. The zero-order valence-electron chi connectivity index (χ0n) is 9.13. The van der Waals surface area contributed by atoms with Crippen molar-refractivity contribution in [3.05, 3.63) is 18.2 Å². The fourth-order valence-corrected chi connectivity index (χ4v) is 1.59. The molecule has 70 valence electrons. The first-order valence-electron chi connectivity index (χ1n) is 4.48. The Labute approximate surface area is 81.6 Å². The predicted molar refractivity (Wildman–Crippen MR) is 63.3 cm³/mol. The summed E-state index contributed by atoms with van der Waals surface area (Å²) >= 11 is 0. The van der Waals surface area contributed by atoms with Gasteiger partial charge in [0.1, 0.15) is 7.85 Å². The molecular formula is C10H17BN2. The van der Waals surface area contributed by atoms with Gasteiger partial charge in [-0.25, -0.2) is 0 Å². The molecule has 1 aromatic rings. The first-order chi connectivity index (χ1) is 6.04. The number of hydrogen-bond donors (Lipinski definition) is 0. The maximum atomic E-state index is 2.16. The Balaban J connectivity index is 3.26. The van der Waals surface area contributed by atoms with Crippen molar-refractivity contribution in [3.8, 4) is 0 Å². The molecule has 0 atom stereocenters. The summed E-state index contributed by atoms with van der Waals surface area (Å²) in [5.74, 6) is 0. The van der Waals surface area contributed by atoms with E-state index >= 15 is 0 Å². The zero-order chi connectivity index (χ0) is 10.0. The van der Waals surface area contributed by atoms with Crippen LogP contribution in [0.2, 0.25) is 0 Å². The summed E-state index contributed by atoms with van der Waals surface area (Å²) in [7, 11) is 10.4. The molecule has 0 spiro atoms. The summed E-state index contributed by atoms with van der Waals surface area (Å²) in [6, 6.07) is 6.38. The number of benzene rings is 1. The lowest BCUT2D eigenvalue weighted by atomic mass is 9.92. The topological polar surface area (TPSA) is 6.48 Å². The van der Waals surface area contributed by atoms with Gasteiger partial charge in [-0.05, 0) is 6.07 Å². The van der Waals surface area contributed by atoms with Crippen molar-refractivity contribution in [2.24, 2.45) is 0 Å². The normalized spacial score (nSPS) is 9.85. The molecule has 0 aliphatic heterocycles. The zero-order valence-corrected chi connectivity index (χ0v) is 9.13. The van der Waals surface area contributed by atoms with E-state index in [0.29, 0.717) is 0 Å². The fraction of sp³-hybridized carbons (Fsp3) is 0.400. The number of anilines is 2. The summed E-state index contributed by atoms with van der Waals surface area (Å²) in [5, 5.41) is 0. The van der Waals surface area contributed by atoms with E-state index in [1.807, 2.05) is 0 Å². The third-order valence-electron chi connectivity index (χ3n) is 2.15. The van der Waals surface area contributed by atoms with Crippen molar-refractivity contribution in [2.75, 3.05) is 38.0 Å². The highest BCUT2D eigenvalue weighted by atomic mass is 15.1. The Bertz CT molecular complexity index is 295. The summed E-state index contributed by atoms with van der Waals surface area (Å²) in [5.41, 5.74) is 3.88. The van der Waals surface area contributed by atoms with Crippen LogP contribution in [-0.2, 0) is 0 Å². The number of rotatable bonds is 2. The van der Waals surface area contributed by atoms with Gasteiger partial charge in [0, 0.05) is 28.2 Å². The molecule has 1 rings (SSSR count). The second-order valence-electron chi connectivity index (χ2n) is 3.73. The molecule has 0 aliphatic carbocycles. The van der Waals surface area contributed by atoms with Gasteiger partial charge in [-0.15, -0.1) is 0 Å². The van der Waals surface area contributed by atoms with Crippen molar-refractivity contribution < 1.29 is 0 Å². The van der Waals surface area contributed by atoms with Crippen molar-refractivity contribution in [2.45, 2.75) is 0 Å². The minimum absolute atomic E-state index is 1.27. The average Bonchev–Trinajstić information content (AvgIpc) is 2.02. The second kappa shape index (κ2) is 3.73. The molecule has 0 radical (unpaired) electrons. The van der Waals surface area contributed by atoms with Gasteiger partial charge in [-0.2, -0.15) is 0 Å². The van der Waals surface area contributed by atoms with Gasteiger partial charge in [0.25, 0.3) is 0 Å². The smallest absolute Gasteiger partial charge is 0.142 e. The van der Waals surface area contributed by atoms with Gasteiger partial charge >= 0.3 is 0 Å². The van der Waals surface area contributed by atoms with Crippen LogP contribution in [0, 0.1) is 0 Å². The van der Waals surface area contributed by atoms with Gasteiger partial charge < -0.3 is 9.80 Å². The third kappa shape index (κ3) is 1.97. The fourth-order valence-electron chi connectivity index (χ4n) is 1.59. The van der Waals surface area contributed by atoms with Gasteiger partial charge in [0.05, 0.1) is 11.4 Å². The maximum absolute atomic E-state index is 2.16. The van der Waals surface area contributed by atoms with Gasteiger partial charge in [0.2, 0.25) is 0 Å². The van der Waals surface area contributed by atoms with Crippen molar-refractivity contribution in [1.82, 2.24) is 0 Å². The van der Waals surface area contributed by atoms with Crippen molar-refractivity contribution in [3.63, 3.8) is 0 Å². The molecular weight excluding hydrogens is 159 g/mol. The minimum atomic E-state index is 1.27. The Morgan fingerprint density at radius 1 is 1.00 bits per heavy atom. The molecule has 0 heterocycles. The van der Waals surface area contributed by atoms with Crippen LogP contribution in [-0.4, -0.2) is 36.0 Å². The second-order valence-corrected chi connectivity index (χ2v) is 3.73. The standard InChI is InChI=1S/C10H17BN2/c1-12(2)9-7-5-6-8(11)10(9)13(3)4/h5-7H,11H2,1-4H3. The van der Waals surface area contributed by atoms with Crippen LogP contribution in [0.1, 0.15) is 0 Å². The first kappa shape index (κ1) is 9.97. The predicted octanol–water partition coefficient (Wildman–Crippen LogP) is 0.0770. The first-order valence-corrected chi connectivity index (χ1v) is 4.48. The largest absolute Gasteiger partial charge is 0.376 e. The molecule has 0 saturated carbocycles. The number of nitrogens with zero attached hydrogens (tertiary/aromatic N) is 2. The molecule has 0 unspecified atom stereocenters. The maximum Gasteiger partial charge on any atom is 0.142 e. The van der Waals surface area contributed by atoms with E-state index in [9.17, 15) is 0 Å². The van der Waals surface area contributed by atoms with Crippen LogP contribution in [0.5, 0.6) is 0 Å². The van der Waals surface area contributed by atoms with E-state index < -0.39 is 0 Å². The van der Waals surface area contributed by atoms with E-state index in [1.54, 1.807) is 0 Å². The Morgan fingerprint density at radius 2 is 1.62 bits per heavy atom. The quantitative estimate of drug-likeness (QED) is 0.588. The lowest BCUT2D eigenvalue weighted by Crippen LogP contribution is -2.23. The molecule has 0 N–H and O–H groups in total. The van der Waals surface area contributed by atoms with Crippen molar-refractivity contribution >= 4 is 24.7 Å². The molecule has 3 heteroatoms. The van der Waals surface area contributed by atoms with E-state index in [1.165, 1.54) is 16.8 Å². The Morgan fingerprint density at radius 3 is 2.00 bits per heavy atom. The van der Waals surface area contributed by atoms with E-state index in [4.69, 9.17) is 0 Å². The highest BCUT2D eigenvalue weighted by molar-refractivity contribution is 6.36. The summed E-state index contributed by atoms with van der Waals surface area (Å²) < 4.78 is 0. The molecule has 0 saturated heterocycles. The number of hydrogen-bond acceptors (Lipinski definition) is 2. The highest BCUT2D eigenvalue weighted by Crippen LogP contribution is 2.23. The number of para-hydroxylation sites is 1. The van der Waals surface area contributed by atoms with Crippen molar-refractivity contribution in [1.29, 1.82) is 0 Å². The lowest BCUT2D eigenvalue weighted by Gasteiger charge is -2.24. The summed E-state index contributed by atoms with van der Waals surface area (Å²) in [4.78, 5) is 4.30. The molecule has 0 aliphatic rings. The van der Waals surface area contributed by atoms with Gasteiger partial charge in [-0.3, -0.25) is 0 Å². The van der Waals surface area contributed by atoms with Gasteiger partial charge in [-0.1, -0.05) is 17.6 Å². The molecule has 0 fully saturated rings. The van der Waals surface area contributed by atoms with Gasteiger partial charge in [0.15, 0.2) is 0 Å².